The van der Waals surface area contributed by atoms with Crippen molar-refractivity contribution in [1.29, 1.82) is 0 Å². The maximum atomic E-state index is 14.1. The lowest BCUT2D eigenvalue weighted by atomic mass is 9.73. The molecule has 0 spiro atoms. The summed E-state index contributed by atoms with van der Waals surface area (Å²) in [5.41, 5.74) is 3.05. The number of nitrogens with one attached hydrogen (secondary N) is 2. The largest absolute Gasteiger partial charge is 0.493 e. The van der Waals surface area contributed by atoms with Crippen LogP contribution in [-0.4, -0.2) is 83.5 Å². The third kappa shape index (κ3) is 7.00. The van der Waals surface area contributed by atoms with E-state index in [4.69, 9.17) is 19.3 Å². The van der Waals surface area contributed by atoms with Gasteiger partial charge in [-0.1, -0.05) is 31.0 Å². The first-order valence-corrected chi connectivity index (χ1v) is 17.0. The van der Waals surface area contributed by atoms with Crippen LogP contribution in [0.1, 0.15) is 70.4 Å². The molecule has 1 aromatic heterocycles. The molecule has 3 heterocycles. The molecule has 3 atom stereocenters. The van der Waals surface area contributed by atoms with E-state index < -0.39 is 17.7 Å². The van der Waals surface area contributed by atoms with Gasteiger partial charge in [-0.3, -0.25) is 9.59 Å². The highest BCUT2D eigenvalue weighted by molar-refractivity contribution is 6.07. The van der Waals surface area contributed by atoms with E-state index in [0.717, 1.165) is 53.4 Å². The first-order valence-electron chi connectivity index (χ1n) is 17.0. The van der Waals surface area contributed by atoms with Crippen molar-refractivity contribution in [2.75, 3.05) is 27.3 Å². The lowest BCUT2D eigenvalue weighted by molar-refractivity contribution is -0.143. The summed E-state index contributed by atoms with van der Waals surface area (Å²) in [6, 6.07) is 12.8. The monoisotopic (exact) mass is 657 g/mol. The maximum Gasteiger partial charge on any atom is 0.408 e. The van der Waals surface area contributed by atoms with Crippen LogP contribution in [0, 0.1) is 11.8 Å². The second-order valence-electron chi connectivity index (χ2n) is 14.1. The molecule has 3 amide bonds. The number of aromatic nitrogens is 1. The number of fused-ring (bicyclic) bond motifs is 2. The summed E-state index contributed by atoms with van der Waals surface area (Å²) < 4.78 is 16.6. The normalized spacial score (nSPS) is 20.9. The second kappa shape index (κ2) is 13.9. The predicted octanol–water partition coefficient (Wildman–Crippen LogP) is 5.66. The van der Waals surface area contributed by atoms with Gasteiger partial charge in [-0.05, 0) is 76.3 Å². The number of para-hydroxylation sites is 1. The van der Waals surface area contributed by atoms with Crippen LogP contribution < -0.4 is 14.8 Å². The molecule has 2 N–H and O–H groups in total. The Morgan fingerprint density at radius 3 is 2.40 bits per heavy atom. The Kier molecular flexibility index (Phi) is 9.66. The number of H-pyrrole nitrogens is 1. The van der Waals surface area contributed by atoms with Crippen LogP contribution in [0.2, 0.25) is 0 Å². The second-order valence-corrected chi connectivity index (χ2v) is 14.1. The zero-order valence-corrected chi connectivity index (χ0v) is 28.6. The fraction of sp³-hybridized carbons (Fsp3) is 0.514. The number of amides is 3. The van der Waals surface area contributed by atoms with Crippen LogP contribution in [0.3, 0.4) is 0 Å². The molecule has 2 aliphatic heterocycles. The third-order valence-electron chi connectivity index (χ3n) is 9.76. The highest BCUT2D eigenvalue weighted by Gasteiger charge is 2.44. The van der Waals surface area contributed by atoms with Crippen LogP contribution in [0.25, 0.3) is 10.9 Å². The number of alkyl carbamates (subject to hydrolysis) is 1. The van der Waals surface area contributed by atoms with Gasteiger partial charge in [-0.25, -0.2) is 9.80 Å². The Balaban J connectivity index is 1.20. The number of methoxy groups -OCH3 is 2. The Hall–Kier alpha value is -4.54. The molecule has 3 aromatic rings. The molecule has 2 aromatic carbocycles. The molecule has 11 nitrogen and oxygen atoms in total. The van der Waals surface area contributed by atoms with Gasteiger partial charge in [0.25, 0.3) is 0 Å². The number of benzene rings is 2. The molecule has 0 bridgehead atoms. The lowest BCUT2D eigenvalue weighted by Gasteiger charge is -2.43. The van der Waals surface area contributed by atoms with Crippen molar-refractivity contribution < 1.29 is 28.6 Å². The molecular formula is C37H47N5O6. The minimum atomic E-state index is -0.815. The molecule has 6 rings (SSSR count). The van der Waals surface area contributed by atoms with Crippen LogP contribution in [-0.2, 0) is 20.7 Å². The van der Waals surface area contributed by atoms with E-state index >= 15 is 0 Å². The van der Waals surface area contributed by atoms with E-state index in [1.807, 2.05) is 48.7 Å². The Bertz CT molecular complexity index is 1680. The highest BCUT2D eigenvalue weighted by Crippen LogP contribution is 2.40. The van der Waals surface area contributed by atoms with E-state index in [0.29, 0.717) is 43.9 Å². The number of aromatic amines is 1. The lowest BCUT2D eigenvalue weighted by Crippen LogP contribution is -2.56. The van der Waals surface area contributed by atoms with Crippen molar-refractivity contribution in [3.8, 4) is 11.5 Å². The summed E-state index contributed by atoms with van der Waals surface area (Å²) in [6.45, 7) is 6.28. The summed E-state index contributed by atoms with van der Waals surface area (Å²) in [7, 11) is 3.23. The van der Waals surface area contributed by atoms with E-state index in [9.17, 15) is 14.4 Å². The molecular weight excluding hydrogens is 610 g/mol. The number of carbonyl (C=O) groups excluding carboxylic acids is 3. The Morgan fingerprint density at radius 2 is 1.69 bits per heavy atom. The van der Waals surface area contributed by atoms with Gasteiger partial charge in [0.05, 0.1) is 26.0 Å². The molecule has 48 heavy (non-hydrogen) atoms. The Morgan fingerprint density at radius 1 is 0.979 bits per heavy atom. The van der Waals surface area contributed by atoms with Gasteiger partial charge in [0, 0.05) is 54.0 Å². The van der Waals surface area contributed by atoms with Crippen molar-refractivity contribution in [2.24, 2.45) is 16.9 Å². The van der Waals surface area contributed by atoms with E-state index in [1.165, 1.54) is 0 Å². The number of piperidine rings is 1. The van der Waals surface area contributed by atoms with E-state index in [1.54, 1.807) is 44.9 Å². The molecule has 2 fully saturated rings. The first-order chi connectivity index (χ1) is 23.1. The smallest absolute Gasteiger partial charge is 0.408 e. The Labute approximate surface area is 282 Å². The van der Waals surface area contributed by atoms with Crippen molar-refractivity contribution >= 4 is 34.5 Å². The summed E-state index contributed by atoms with van der Waals surface area (Å²) in [4.78, 5) is 46.0. The van der Waals surface area contributed by atoms with Crippen molar-refractivity contribution in [3.63, 3.8) is 0 Å². The highest BCUT2D eigenvalue weighted by atomic mass is 16.6. The average Bonchev–Trinajstić information content (AvgIpc) is 3.49. The molecule has 11 heteroatoms. The number of nitrogens with zero attached hydrogens (tertiary/aromatic N) is 3. The number of rotatable bonds is 8. The molecule has 1 saturated heterocycles. The number of ether oxygens (including phenoxy) is 3. The van der Waals surface area contributed by atoms with Crippen LogP contribution in [0.5, 0.6) is 11.5 Å². The number of hydrogen-bond donors (Lipinski definition) is 2. The van der Waals surface area contributed by atoms with Crippen molar-refractivity contribution in [2.45, 2.75) is 83.4 Å². The molecule has 3 aliphatic rings. The van der Waals surface area contributed by atoms with Gasteiger partial charge in [0.15, 0.2) is 11.5 Å². The quantitative estimate of drug-likeness (QED) is 0.322. The predicted molar refractivity (Wildman–Crippen MR) is 183 cm³/mol. The van der Waals surface area contributed by atoms with Crippen LogP contribution in [0.15, 0.2) is 53.8 Å². The zero-order chi connectivity index (χ0) is 34.0. The van der Waals surface area contributed by atoms with Gasteiger partial charge >= 0.3 is 6.09 Å². The SMILES string of the molecule is COc1ccc(C2=NN(C3CCN(C(=O)[C@@H](Cc4c[nH]c5ccccc45)NC(=O)OC(C)(C)C)CC3)C(=O)[C@H]3CCCC[C@@H]23)cc1OC. The minimum Gasteiger partial charge on any atom is -0.493 e. The number of hydrazone groups is 1. The fourth-order valence-corrected chi connectivity index (χ4v) is 7.41. The van der Waals surface area contributed by atoms with Gasteiger partial charge in [-0.15, -0.1) is 0 Å². The molecule has 1 saturated carbocycles. The zero-order valence-electron chi connectivity index (χ0n) is 28.6. The average molecular weight is 658 g/mol. The molecule has 256 valence electrons. The molecule has 0 unspecified atom stereocenters. The van der Waals surface area contributed by atoms with Gasteiger partial charge < -0.3 is 29.4 Å². The topological polar surface area (TPSA) is 126 Å². The van der Waals surface area contributed by atoms with Crippen LogP contribution in [0.4, 0.5) is 4.79 Å². The third-order valence-corrected chi connectivity index (χ3v) is 9.76. The van der Waals surface area contributed by atoms with Gasteiger partial charge in [-0.2, -0.15) is 5.10 Å². The first kappa shape index (κ1) is 33.4. The summed E-state index contributed by atoms with van der Waals surface area (Å²) in [5, 5.41) is 10.6. The van der Waals surface area contributed by atoms with Crippen molar-refractivity contribution in [3.05, 3.63) is 59.8 Å². The molecule has 1 aliphatic carbocycles. The van der Waals surface area contributed by atoms with Gasteiger partial charge in [0.1, 0.15) is 11.6 Å². The fourth-order valence-electron chi connectivity index (χ4n) is 7.41. The molecule has 0 radical (unpaired) electrons. The summed E-state index contributed by atoms with van der Waals surface area (Å²) in [5.74, 6) is 1.13. The number of likely N-dealkylation sites (tertiary alicyclic amines) is 1. The van der Waals surface area contributed by atoms with Crippen molar-refractivity contribution in [1.82, 2.24) is 20.2 Å². The van der Waals surface area contributed by atoms with Crippen LogP contribution >= 0.6 is 0 Å². The minimum absolute atomic E-state index is 0.0615. The van der Waals surface area contributed by atoms with Gasteiger partial charge in [0.2, 0.25) is 11.8 Å². The standard InChI is InChI=1S/C37H47N5O6/c1-37(2,3)48-36(45)39-30(20-24-22-38-29-13-9-8-10-26(24)29)35(44)41-18-16-25(17-19-41)42-34(43)28-12-7-6-11-27(28)33(40-42)23-14-15-31(46-4)32(21-23)47-5/h8-10,13-15,21-22,25,27-28,30,38H,6-7,11-12,16-20H2,1-5H3,(H,39,45)/t27-,28+,30-/m1/s1. The number of carbonyl (C=O) groups is 3. The summed E-state index contributed by atoms with van der Waals surface area (Å²) in [6.07, 6.45) is 6.61. The summed E-state index contributed by atoms with van der Waals surface area (Å²) >= 11 is 0. The van der Waals surface area contributed by atoms with E-state index in [-0.39, 0.29) is 29.7 Å². The number of hydrogen-bond acceptors (Lipinski definition) is 7. The maximum absolute atomic E-state index is 14.1. The van der Waals surface area contributed by atoms with E-state index in [2.05, 4.69) is 10.3 Å².